The summed E-state index contributed by atoms with van der Waals surface area (Å²) >= 11 is 3.33. The molecule has 0 aliphatic rings. The van der Waals surface area contributed by atoms with Crippen LogP contribution in [0.2, 0.25) is 0 Å². The molecule has 6 heteroatoms. The Kier molecular flexibility index (Phi) is 5.58. The Morgan fingerprint density at radius 2 is 1.95 bits per heavy atom. The first kappa shape index (κ1) is 16.2. The third-order valence-corrected chi connectivity index (χ3v) is 5.52. The number of amides is 1. The molecule has 0 saturated heterocycles. The summed E-state index contributed by atoms with van der Waals surface area (Å²) < 4.78 is 3.71. The van der Waals surface area contributed by atoms with Crippen molar-refractivity contribution in [2.24, 2.45) is 0 Å². The predicted molar refractivity (Wildman–Crippen MR) is 95.3 cm³/mol. The summed E-state index contributed by atoms with van der Waals surface area (Å²) in [6.45, 7) is 4.46. The van der Waals surface area contributed by atoms with E-state index in [0.717, 1.165) is 18.0 Å². The number of thiophene rings is 2. The highest BCUT2D eigenvalue weighted by atomic mass is 35.5. The topological polar surface area (TPSA) is 41.1 Å². The van der Waals surface area contributed by atoms with Crippen molar-refractivity contribution in [2.75, 3.05) is 19.6 Å². The van der Waals surface area contributed by atoms with Crippen LogP contribution in [0.15, 0.2) is 30.3 Å². The molecule has 21 heavy (non-hydrogen) atoms. The molecule has 3 nitrogen and oxygen atoms in total. The number of nitrogens with one attached hydrogen (secondary N) is 2. The molecular weight excluding hydrogens is 324 g/mol. The van der Waals surface area contributed by atoms with Crippen LogP contribution < -0.4 is 10.6 Å². The quantitative estimate of drug-likeness (QED) is 0.692. The smallest absolute Gasteiger partial charge is 0.261 e. The molecule has 0 spiro atoms. The molecular formula is C15H17ClN2OS2. The van der Waals surface area contributed by atoms with Gasteiger partial charge in [-0.25, -0.2) is 0 Å². The molecule has 1 amide bonds. The molecule has 0 saturated carbocycles. The number of carbonyl (C=O) groups is 1. The van der Waals surface area contributed by atoms with E-state index in [9.17, 15) is 4.79 Å². The van der Waals surface area contributed by atoms with Crippen LogP contribution in [0, 0.1) is 0 Å². The van der Waals surface area contributed by atoms with Crippen LogP contribution in [-0.4, -0.2) is 25.5 Å². The van der Waals surface area contributed by atoms with Gasteiger partial charge in [-0.1, -0.05) is 25.1 Å². The van der Waals surface area contributed by atoms with Gasteiger partial charge in [-0.15, -0.1) is 35.1 Å². The highest BCUT2D eigenvalue weighted by molar-refractivity contribution is 7.33. The number of hydrogen-bond acceptors (Lipinski definition) is 4. The van der Waals surface area contributed by atoms with Crippen molar-refractivity contribution in [2.45, 2.75) is 6.92 Å². The van der Waals surface area contributed by atoms with E-state index in [0.29, 0.717) is 6.54 Å². The summed E-state index contributed by atoms with van der Waals surface area (Å²) in [5.74, 6) is 0.0281. The van der Waals surface area contributed by atoms with Crippen LogP contribution in [0.1, 0.15) is 16.6 Å². The number of likely N-dealkylation sites (N-methyl/N-ethyl adjacent to an activating group) is 1. The van der Waals surface area contributed by atoms with E-state index in [1.54, 1.807) is 22.7 Å². The summed E-state index contributed by atoms with van der Waals surface area (Å²) in [4.78, 5) is 12.9. The van der Waals surface area contributed by atoms with Crippen LogP contribution in [0.5, 0.6) is 0 Å². The van der Waals surface area contributed by atoms with Crippen molar-refractivity contribution in [3.05, 3.63) is 35.2 Å². The Balaban J connectivity index is 0.00000161. The van der Waals surface area contributed by atoms with Gasteiger partial charge < -0.3 is 10.6 Å². The van der Waals surface area contributed by atoms with Gasteiger partial charge in [-0.3, -0.25) is 4.79 Å². The molecule has 0 unspecified atom stereocenters. The molecule has 2 aromatic heterocycles. The van der Waals surface area contributed by atoms with Crippen molar-refractivity contribution in [3.8, 4) is 0 Å². The molecule has 0 atom stereocenters. The van der Waals surface area contributed by atoms with Gasteiger partial charge in [0.25, 0.3) is 5.91 Å². The van der Waals surface area contributed by atoms with E-state index in [4.69, 9.17) is 0 Å². The van der Waals surface area contributed by atoms with E-state index in [1.165, 1.54) is 19.5 Å². The predicted octanol–water partition coefficient (Wildman–Crippen LogP) is 3.88. The van der Waals surface area contributed by atoms with Gasteiger partial charge in [0.1, 0.15) is 0 Å². The van der Waals surface area contributed by atoms with E-state index >= 15 is 0 Å². The second-order valence-electron chi connectivity index (χ2n) is 4.51. The Hall–Kier alpha value is -1.14. The molecule has 2 N–H and O–H groups in total. The highest BCUT2D eigenvalue weighted by Gasteiger charge is 2.13. The number of hydrogen-bond donors (Lipinski definition) is 2. The maximum absolute atomic E-state index is 12.1. The average Bonchev–Trinajstić information content (AvgIpc) is 3.01. The van der Waals surface area contributed by atoms with Crippen molar-refractivity contribution < 1.29 is 4.79 Å². The van der Waals surface area contributed by atoms with Gasteiger partial charge in [0.05, 0.1) is 9.58 Å². The van der Waals surface area contributed by atoms with Gasteiger partial charge in [0.2, 0.25) is 0 Å². The number of rotatable bonds is 5. The SMILES string of the molecule is CCNCCNC(=O)c1cc2sc3ccccc3c2s1.Cl. The molecule has 0 aliphatic carbocycles. The fourth-order valence-corrected chi connectivity index (χ4v) is 4.58. The van der Waals surface area contributed by atoms with Crippen LogP contribution >= 0.6 is 35.1 Å². The van der Waals surface area contributed by atoms with Crippen molar-refractivity contribution in [1.29, 1.82) is 0 Å². The summed E-state index contributed by atoms with van der Waals surface area (Å²) in [6, 6.07) is 10.4. The van der Waals surface area contributed by atoms with E-state index in [2.05, 4.69) is 35.8 Å². The second-order valence-corrected chi connectivity index (χ2v) is 6.65. The molecule has 0 radical (unpaired) electrons. The van der Waals surface area contributed by atoms with Crippen LogP contribution in [-0.2, 0) is 0 Å². The molecule has 1 aromatic carbocycles. The zero-order valence-electron chi connectivity index (χ0n) is 11.6. The average molecular weight is 341 g/mol. The van der Waals surface area contributed by atoms with E-state index in [-0.39, 0.29) is 18.3 Å². The minimum atomic E-state index is 0. The maximum Gasteiger partial charge on any atom is 0.261 e. The monoisotopic (exact) mass is 340 g/mol. The minimum Gasteiger partial charge on any atom is -0.350 e. The van der Waals surface area contributed by atoms with E-state index < -0.39 is 0 Å². The maximum atomic E-state index is 12.1. The van der Waals surface area contributed by atoms with Crippen LogP contribution in [0.3, 0.4) is 0 Å². The Morgan fingerprint density at radius 3 is 2.76 bits per heavy atom. The lowest BCUT2D eigenvalue weighted by Gasteiger charge is -2.03. The largest absolute Gasteiger partial charge is 0.350 e. The lowest BCUT2D eigenvalue weighted by atomic mass is 10.2. The molecule has 0 bridgehead atoms. The number of fused-ring (bicyclic) bond motifs is 3. The first-order valence-electron chi connectivity index (χ1n) is 6.69. The molecule has 112 valence electrons. The summed E-state index contributed by atoms with van der Waals surface area (Å²) in [6.07, 6.45) is 0. The lowest BCUT2D eigenvalue weighted by molar-refractivity contribution is 0.0958. The fraction of sp³-hybridized carbons (Fsp3) is 0.267. The van der Waals surface area contributed by atoms with Crippen molar-refractivity contribution >= 4 is 60.5 Å². The number of carbonyl (C=O) groups excluding carboxylic acids is 1. The minimum absolute atomic E-state index is 0. The molecule has 3 rings (SSSR count). The first-order chi connectivity index (χ1) is 9.79. The Labute approximate surface area is 137 Å². The van der Waals surface area contributed by atoms with Gasteiger partial charge >= 0.3 is 0 Å². The molecule has 0 fully saturated rings. The van der Waals surface area contributed by atoms with Crippen molar-refractivity contribution in [1.82, 2.24) is 10.6 Å². The van der Waals surface area contributed by atoms with Crippen LogP contribution in [0.4, 0.5) is 0 Å². The summed E-state index contributed by atoms with van der Waals surface area (Å²) in [5.41, 5.74) is 0. The standard InChI is InChI=1S/C15H16N2OS2.ClH/c1-2-16-7-8-17-15(18)13-9-12-14(20-13)10-5-3-4-6-11(10)19-12;/h3-6,9,16H,2,7-8H2,1H3,(H,17,18);1H. The number of benzene rings is 1. The summed E-state index contributed by atoms with van der Waals surface area (Å²) in [7, 11) is 0. The van der Waals surface area contributed by atoms with Gasteiger partial charge in [0.15, 0.2) is 0 Å². The molecule has 2 heterocycles. The first-order valence-corrected chi connectivity index (χ1v) is 8.33. The number of halogens is 1. The Bertz CT molecular complexity index is 750. The zero-order chi connectivity index (χ0) is 13.9. The van der Waals surface area contributed by atoms with E-state index in [1.807, 2.05) is 12.1 Å². The van der Waals surface area contributed by atoms with Gasteiger partial charge in [0, 0.05) is 27.9 Å². The third kappa shape index (κ3) is 3.37. The van der Waals surface area contributed by atoms with Gasteiger partial charge in [-0.05, 0) is 18.7 Å². The summed E-state index contributed by atoms with van der Waals surface area (Å²) in [5, 5.41) is 7.39. The van der Waals surface area contributed by atoms with Gasteiger partial charge in [-0.2, -0.15) is 0 Å². The zero-order valence-corrected chi connectivity index (χ0v) is 14.1. The fourth-order valence-electron chi connectivity index (χ4n) is 2.14. The Morgan fingerprint density at radius 1 is 1.14 bits per heavy atom. The molecule has 0 aliphatic heterocycles. The van der Waals surface area contributed by atoms with Crippen LogP contribution in [0.25, 0.3) is 19.5 Å². The van der Waals surface area contributed by atoms with Crippen molar-refractivity contribution in [3.63, 3.8) is 0 Å². The lowest BCUT2D eigenvalue weighted by Crippen LogP contribution is -2.31. The molecule has 3 aromatic rings. The normalized spacial score (nSPS) is 10.7. The highest BCUT2D eigenvalue weighted by Crippen LogP contribution is 2.39. The second kappa shape index (κ2) is 7.22. The third-order valence-electron chi connectivity index (χ3n) is 3.11.